The normalized spacial score (nSPS) is 11.1. The molecule has 80 valence electrons. The van der Waals surface area contributed by atoms with Gasteiger partial charge in [-0.2, -0.15) is 0 Å². The molecule has 0 aliphatic carbocycles. The van der Waals surface area contributed by atoms with E-state index in [2.05, 4.69) is 40.3 Å². The standard InChI is InChI=1S/C11H14N2S2/c12-5-6-13-11(9-3-1-7-14-9)10-4-2-8-15-10/h1-4,7-8,11,13H,5-6,12H2. The number of nitrogens with two attached hydrogens (primary N) is 1. The van der Waals surface area contributed by atoms with Gasteiger partial charge in [-0.15, -0.1) is 22.7 Å². The lowest BCUT2D eigenvalue weighted by Gasteiger charge is -2.15. The average molecular weight is 238 g/mol. The van der Waals surface area contributed by atoms with E-state index in [4.69, 9.17) is 5.73 Å². The number of thiophene rings is 2. The van der Waals surface area contributed by atoms with Gasteiger partial charge in [-0.1, -0.05) is 12.1 Å². The average Bonchev–Trinajstić information content (AvgIpc) is 2.90. The second-order valence-corrected chi connectivity index (χ2v) is 5.17. The zero-order valence-electron chi connectivity index (χ0n) is 8.35. The highest BCUT2D eigenvalue weighted by atomic mass is 32.1. The van der Waals surface area contributed by atoms with Crippen LogP contribution in [0.2, 0.25) is 0 Å². The lowest BCUT2D eigenvalue weighted by Crippen LogP contribution is -2.26. The topological polar surface area (TPSA) is 38.0 Å². The lowest BCUT2D eigenvalue weighted by atomic mass is 10.2. The third kappa shape index (κ3) is 2.66. The summed E-state index contributed by atoms with van der Waals surface area (Å²) in [5, 5.41) is 7.69. The number of rotatable bonds is 5. The minimum absolute atomic E-state index is 0.313. The zero-order valence-corrected chi connectivity index (χ0v) is 9.98. The van der Waals surface area contributed by atoms with Crippen molar-refractivity contribution in [3.8, 4) is 0 Å². The van der Waals surface area contributed by atoms with Gasteiger partial charge in [-0.25, -0.2) is 0 Å². The monoisotopic (exact) mass is 238 g/mol. The van der Waals surface area contributed by atoms with E-state index < -0.39 is 0 Å². The predicted octanol–water partition coefficient (Wildman–Crippen LogP) is 2.45. The van der Waals surface area contributed by atoms with Crippen LogP contribution in [0.4, 0.5) is 0 Å². The van der Waals surface area contributed by atoms with Crippen LogP contribution in [0.1, 0.15) is 15.8 Å². The molecule has 0 aliphatic rings. The lowest BCUT2D eigenvalue weighted by molar-refractivity contribution is 0.627. The van der Waals surface area contributed by atoms with Gasteiger partial charge in [0.25, 0.3) is 0 Å². The smallest absolute Gasteiger partial charge is 0.0765 e. The maximum atomic E-state index is 5.53. The third-order valence-electron chi connectivity index (χ3n) is 2.15. The molecule has 0 aliphatic heterocycles. The number of hydrogen-bond acceptors (Lipinski definition) is 4. The summed E-state index contributed by atoms with van der Waals surface area (Å²) >= 11 is 3.57. The zero-order chi connectivity index (χ0) is 10.5. The summed E-state index contributed by atoms with van der Waals surface area (Å²) in [6.07, 6.45) is 0. The Morgan fingerprint density at radius 2 is 1.73 bits per heavy atom. The van der Waals surface area contributed by atoms with Crippen LogP contribution in [-0.2, 0) is 0 Å². The Balaban J connectivity index is 2.17. The Morgan fingerprint density at radius 1 is 1.13 bits per heavy atom. The van der Waals surface area contributed by atoms with Crippen LogP contribution in [0.15, 0.2) is 35.0 Å². The number of nitrogens with one attached hydrogen (secondary N) is 1. The molecular weight excluding hydrogens is 224 g/mol. The maximum Gasteiger partial charge on any atom is 0.0765 e. The van der Waals surface area contributed by atoms with Gasteiger partial charge >= 0.3 is 0 Å². The Hall–Kier alpha value is -0.680. The van der Waals surface area contributed by atoms with Crippen LogP contribution < -0.4 is 11.1 Å². The van der Waals surface area contributed by atoms with Crippen LogP contribution >= 0.6 is 22.7 Å². The second-order valence-electron chi connectivity index (χ2n) is 3.21. The summed E-state index contributed by atoms with van der Waals surface area (Å²) in [4.78, 5) is 2.71. The van der Waals surface area contributed by atoms with E-state index >= 15 is 0 Å². The summed E-state index contributed by atoms with van der Waals surface area (Å²) in [7, 11) is 0. The van der Waals surface area contributed by atoms with Crippen LogP contribution in [-0.4, -0.2) is 13.1 Å². The van der Waals surface area contributed by atoms with E-state index in [9.17, 15) is 0 Å². The van der Waals surface area contributed by atoms with Gasteiger partial charge in [0.05, 0.1) is 6.04 Å². The van der Waals surface area contributed by atoms with Crippen molar-refractivity contribution < 1.29 is 0 Å². The molecule has 2 aromatic rings. The van der Waals surface area contributed by atoms with Crippen molar-refractivity contribution in [3.63, 3.8) is 0 Å². The maximum absolute atomic E-state index is 5.53. The first-order chi connectivity index (χ1) is 7.42. The summed E-state index contributed by atoms with van der Waals surface area (Å²) in [6.45, 7) is 1.52. The molecule has 0 spiro atoms. The van der Waals surface area contributed by atoms with E-state index in [-0.39, 0.29) is 0 Å². The number of hydrogen-bond donors (Lipinski definition) is 2. The first kappa shape index (κ1) is 10.8. The molecule has 0 saturated heterocycles. The summed E-state index contributed by atoms with van der Waals surface area (Å²) in [6, 6.07) is 8.82. The fourth-order valence-corrected chi connectivity index (χ4v) is 3.19. The molecule has 2 rings (SSSR count). The molecule has 0 unspecified atom stereocenters. The minimum atomic E-state index is 0.313. The molecule has 0 amide bonds. The van der Waals surface area contributed by atoms with Gasteiger partial charge in [0.15, 0.2) is 0 Å². The van der Waals surface area contributed by atoms with Crippen LogP contribution in [0.3, 0.4) is 0 Å². The van der Waals surface area contributed by atoms with Crippen molar-refractivity contribution in [1.29, 1.82) is 0 Å². The summed E-state index contributed by atoms with van der Waals surface area (Å²) in [5.74, 6) is 0. The van der Waals surface area contributed by atoms with E-state index in [1.54, 1.807) is 22.7 Å². The largest absolute Gasteiger partial charge is 0.329 e. The molecule has 3 N–H and O–H groups in total. The van der Waals surface area contributed by atoms with E-state index in [0.29, 0.717) is 12.6 Å². The second kappa shape index (κ2) is 5.42. The predicted molar refractivity (Wildman–Crippen MR) is 67.5 cm³/mol. The fourth-order valence-electron chi connectivity index (χ4n) is 1.48. The molecule has 15 heavy (non-hydrogen) atoms. The van der Waals surface area contributed by atoms with Gasteiger partial charge in [0, 0.05) is 22.8 Å². The van der Waals surface area contributed by atoms with Crippen molar-refractivity contribution in [1.82, 2.24) is 5.32 Å². The third-order valence-corrected chi connectivity index (χ3v) is 4.02. The van der Waals surface area contributed by atoms with Crippen molar-refractivity contribution in [2.45, 2.75) is 6.04 Å². The summed E-state index contributed by atoms with van der Waals surface area (Å²) in [5.41, 5.74) is 5.53. The van der Waals surface area contributed by atoms with Crippen molar-refractivity contribution in [2.75, 3.05) is 13.1 Å². The molecule has 4 heteroatoms. The Bertz CT molecular complexity index is 333. The van der Waals surface area contributed by atoms with Crippen LogP contribution in [0.25, 0.3) is 0 Å². The highest BCUT2D eigenvalue weighted by molar-refractivity contribution is 7.11. The molecule has 2 heterocycles. The molecule has 0 saturated carbocycles. The Kier molecular flexibility index (Phi) is 3.91. The Morgan fingerprint density at radius 3 is 2.13 bits per heavy atom. The highest BCUT2D eigenvalue weighted by Crippen LogP contribution is 2.28. The van der Waals surface area contributed by atoms with Crippen molar-refractivity contribution >= 4 is 22.7 Å². The molecule has 0 fully saturated rings. The molecule has 0 bridgehead atoms. The fraction of sp³-hybridized carbons (Fsp3) is 0.273. The molecule has 0 radical (unpaired) electrons. The molecule has 2 aromatic heterocycles. The highest BCUT2D eigenvalue weighted by Gasteiger charge is 2.14. The molecule has 0 aromatic carbocycles. The van der Waals surface area contributed by atoms with Gasteiger partial charge in [-0.05, 0) is 22.9 Å². The Labute approximate surface area is 97.8 Å². The quantitative estimate of drug-likeness (QED) is 0.839. The van der Waals surface area contributed by atoms with Crippen molar-refractivity contribution in [3.05, 3.63) is 44.8 Å². The van der Waals surface area contributed by atoms with E-state index in [0.717, 1.165) is 6.54 Å². The van der Waals surface area contributed by atoms with E-state index in [1.165, 1.54) is 9.75 Å². The van der Waals surface area contributed by atoms with Crippen LogP contribution in [0, 0.1) is 0 Å². The first-order valence-electron chi connectivity index (χ1n) is 4.92. The summed E-state index contributed by atoms with van der Waals surface area (Å²) < 4.78 is 0. The SMILES string of the molecule is NCCNC(c1cccs1)c1cccs1. The van der Waals surface area contributed by atoms with Gasteiger partial charge in [-0.3, -0.25) is 0 Å². The van der Waals surface area contributed by atoms with Gasteiger partial charge in [0.2, 0.25) is 0 Å². The first-order valence-corrected chi connectivity index (χ1v) is 6.68. The molecule has 0 atom stereocenters. The molecular formula is C11H14N2S2. The van der Waals surface area contributed by atoms with Gasteiger partial charge in [0.1, 0.15) is 0 Å². The van der Waals surface area contributed by atoms with E-state index in [1.807, 2.05) is 0 Å². The molecule has 2 nitrogen and oxygen atoms in total. The minimum Gasteiger partial charge on any atom is -0.329 e. The van der Waals surface area contributed by atoms with Gasteiger partial charge < -0.3 is 11.1 Å². The van der Waals surface area contributed by atoms with Crippen LogP contribution in [0.5, 0.6) is 0 Å². The van der Waals surface area contributed by atoms with Crippen molar-refractivity contribution in [2.24, 2.45) is 5.73 Å².